The number of imide groups is 1. The molecule has 8 nitrogen and oxygen atoms in total. The Balaban J connectivity index is 1.24. The minimum Gasteiger partial charge on any atom is -0.454 e. The second kappa shape index (κ2) is 11.4. The highest BCUT2D eigenvalue weighted by molar-refractivity contribution is 9.10. The van der Waals surface area contributed by atoms with Gasteiger partial charge in [0, 0.05) is 21.3 Å². The zero-order valence-electron chi connectivity index (χ0n) is 21.6. The molecule has 0 bridgehead atoms. The highest BCUT2D eigenvalue weighted by Gasteiger charge is 2.48. The summed E-state index contributed by atoms with van der Waals surface area (Å²) >= 11 is 3.31. The summed E-state index contributed by atoms with van der Waals surface area (Å²) in [6, 6.07) is 19.2. The Morgan fingerprint density at radius 2 is 1.60 bits per heavy atom. The molecule has 1 saturated heterocycles. The minimum atomic E-state index is -0.708. The molecule has 0 spiro atoms. The number of allylic oxidation sites excluding steroid dienone is 2. The van der Waals surface area contributed by atoms with Gasteiger partial charge in [-0.05, 0) is 68.3 Å². The van der Waals surface area contributed by atoms with Crippen LogP contribution in [-0.2, 0) is 14.3 Å². The van der Waals surface area contributed by atoms with Crippen molar-refractivity contribution in [3.05, 3.63) is 106 Å². The largest absolute Gasteiger partial charge is 0.454 e. The normalized spacial score (nSPS) is 18.1. The first-order valence-corrected chi connectivity index (χ1v) is 13.5. The van der Waals surface area contributed by atoms with Crippen molar-refractivity contribution in [2.75, 3.05) is 16.8 Å². The lowest BCUT2D eigenvalue weighted by Gasteiger charge is -2.18. The van der Waals surface area contributed by atoms with Crippen molar-refractivity contribution in [3.63, 3.8) is 0 Å². The van der Waals surface area contributed by atoms with Gasteiger partial charge in [-0.15, -0.1) is 0 Å². The number of amides is 3. The van der Waals surface area contributed by atoms with Crippen LogP contribution in [0, 0.1) is 11.8 Å². The molecule has 1 aliphatic heterocycles. The molecule has 1 fully saturated rings. The van der Waals surface area contributed by atoms with Gasteiger partial charge in [-0.3, -0.25) is 24.1 Å². The van der Waals surface area contributed by atoms with E-state index in [4.69, 9.17) is 4.74 Å². The molecule has 3 amide bonds. The van der Waals surface area contributed by atoms with Gasteiger partial charge in [-0.2, -0.15) is 0 Å². The summed E-state index contributed by atoms with van der Waals surface area (Å²) in [4.78, 5) is 65.2. The van der Waals surface area contributed by atoms with Crippen molar-refractivity contribution in [1.29, 1.82) is 0 Å². The Bertz CT molecular complexity index is 1560. The van der Waals surface area contributed by atoms with Crippen LogP contribution in [0.3, 0.4) is 0 Å². The Labute approximate surface area is 239 Å². The smallest absolute Gasteiger partial charge is 0.338 e. The lowest BCUT2D eigenvalue weighted by Crippen LogP contribution is -2.31. The molecule has 40 heavy (non-hydrogen) atoms. The highest BCUT2D eigenvalue weighted by atomic mass is 79.9. The van der Waals surface area contributed by atoms with Crippen LogP contribution in [0.4, 0.5) is 11.4 Å². The van der Waals surface area contributed by atoms with E-state index < -0.39 is 18.5 Å². The maximum absolute atomic E-state index is 13.1. The van der Waals surface area contributed by atoms with E-state index in [-0.39, 0.29) is 40.6 Å². The molecule has 0 unspecified atom stereocenters. The molecule has 0 saturated carbocycles. The summed E-state index contributed by atoms with van der Waals surface area (Å²) < 4.78 is 6.00. The van der Waals surface area contributed by atoms with Crippen LogP contribution in [-0.4, -0.2) is 36.1 Å². The van der Waals surface area contributed by atoms with Gasteiger partial charge in [0.25, 0.3) is 5.91 Å². The summed E-state index contributed by atoms with van der Waals surface area (Å²) in [6.45, 7) is 1.54. The third-order valence-corrected chi connectivity index (χ3v) is 7.57. The first-order valence-electron chi connectivity index (χ1n) is 12.7. The van der Waals surface area contributed by atoms with Crippen LogP contribution in [0.1, 0.15) is 50.8 Å². The van der Waals surface area contributed by atoms with Gasteiger partial charge in [0.15, 0.2) is 12.4 Å². The number of ether oxygens (including phenoxy) is 1. The van der Waals surface area contributed by atoms with Crippen molar-refractivity contribution in [3.8, 4) is 0 Å². The van der Waals surface area contributed by atoms with Gasteiger partial charge in [0.2, 0.25) is 11.8 Å². The van der Waals surface area contributed by atoms with Crippen LogP contribution in [0.25, 0.3) is 0 Å². The van der Waals surface area contributed by atoms with Crippen LogP contribution >= 0.6 is 15.9 Å². The number of anilines is 2. The Kier molecular flexibility index (Phi) is 7.75. The number of fused-ring (bicyclic) bond motifs is 1. The van der Waals surface area contributed by atoms with Gasteiger partial charge in [-0.1, -0.05) is 51.8 Å². The maximum Gasteiger partial charge on any atom is 0.338 e. The number of halogens is 1. The number of hydrogen-bond donors (Lipinski definition) is 1. The third-order valence-electron chi connectivity index (χ3n) is 7.05. The number of esters is 1. The summed E-state index contributed by atoms with van der Waals surface area (Å²) in [5, 5.41) is 2.73. The van der Waals surface area contributed by atoms with E-state index in [0.29, 0.717) is 29.8 Å². The van der Waals surface area contributed by atoms with E-state index in [1.54, 1.807) is 54.6 Å². The molecule has 5 rings (SSSR count). The van der Waals surface area contributed by atoms with Crippen LogP contribution in [0.15, 0.2) is 88.9 Å². The molecule has 2 atom stereocenters. The first kappa shape index (κ1) is 27.2. The quantitative estimate of drug-likeness (QED) is 0.164. The summed E-state index contributed by atoms with van der Waals surface area (Å²) in [6.07, 6.45) is 3.10. The van der Waals surface area contributed by atoms with Gasteiger partial charge in [-0.25, -0.2) is 4.79 Å². The topological polar surface area (TPSA) is 110 Å². The Morgan fingerprint density at radius 3 is 2.38 bits per heavy atom. The fourth-order valence-corrected chi connectivity index (χ4v) is 5.20. The minimum absolute atomic E-state index is 0.162. The molecule has 1 heterocycles. The number of Topliss-reactive ketones (excluding diaryl/α,β-unsaturated/α-hetero) is 1. The average molecular weight is 601 g/mol. The van der Waals surface area contributed by atoms with Gasteiger partial charge in [0.05, 0.1) is 23.1 Å². The van der Waals surface area contributed by atoms with E-state index in [1.165, 1.54) is 23.1 Å². The molecular weight excluding hydrogens is 576 g/mol. The summed E-state index contributed by atoms with van der Waals surface area (Å²) in [5.41, 5.74) is 2.61. The fraction of sp³-hybridized carbons (Fsp3) is 0.194. The van der Waals surface area contributed by atoms with Crippen molar-refractivity contribution in [2.24, 2.45) is 11.8 Å². The molecule has 3 aromatic carbocycles. The lowest BCUT2D eigenvalue weighted by molar-refractivity contribution is -0.122. The van der Waals surface area contributed by atoms with Crippen molar-refractivity contribution < 1.29 is 28.7 Å². The number of nitrogens with zero attached hydrogens (tertiary/aromatic N) is 1. The number of hydrogen-bond acceptors (Lipinski definition) is 6. The predicted octanol–water partition coefficient (Wildman–Crippen LogP) is 5.59. The van der Waals surface area contributed by atoms with Crippen molar-refractivity contribution in [2.45, 2.75) is 19.8 Å². The highest BCUT2D eigenvalue weighted by Crippen LogP contribution is 2.39. The van der Waals surface area contributed by atoms with Crippen LogP contribution < -0.4 is 10.2 Å². The Morgan fingerprint density at radius 1 is 0.900 bits per heavy atom. The second-order valence-electron chi connectivity index (χ2n) is 9.81. The predicted molar refractivity (Wildman–Crippen MR) is 152 cm³/mol. The zero-order valence-corrected chi connectivity index (χ0v) is 23.1. The molecule has 9 heteroatoms. The SMILES string of the molecule is CC1=CC[C@H]2C(=O)N(c3cccc(C(=O)Nc4cccc(C(=O)OCC(=O)c5ccc(Br)cc5)c4)c3)C(=O)[C@@H]2C1. The van der Waals surface area contributed by atoms with Crippen LogP contribution in [0.5, 0.6) is 0 Å². The lowest BCUT2D eigenvalue weighted by atomic mass is 9.82. The molecule has 3 aromatic rings. The first-order chi connectivity index (χ1) is 19.2. The number of rotatable bonds is 7. The van der Waals surface area contributed by atoms with Gasteiger partial charge >= 0.3 is 5.97 Å². The maximum atomic E-state index is 13.1. The number of nitrogens with one attached hydrogen (secondary N) is 1. The average Bonchev–Trinajstić information content (AvgIpc) is 3.20. The van der Waals surface area contributed by atoms with E-state index in [2.05, 4.69) is 21.2 Å². The third kappa shape index (κ3) is 5.65. The van der Waals surface area contributed by atoms with Gasteiger partial charge < -0.3 is 10.1 Å². The molecule has 0 aromatic heterocycles. The number of ketones is 1. The molecule has 1 N–H and O–H groups in total. The number of benzene rings is 3. The molecule has 202 valence electrons. The van der Waals surface area contributed by atoms with E-state index in [0.717, 1.165) is 10.0 Å². The molecule has 0 radical (unpaired) electrons. The summed E-state index contributed by atoms with van der Waals surface area (Å²) in [7, 11) is 0. The van der Waals surface area contributed by atoms with E-state index in [1.807, 2.05) is 13.0 Å². The van der Waals surface area contributed by atoms with Gasteiger partial charge in [0.1, 0.15) is 0 Å². The molecule has 1 aliphatic carbocycles. The summed E-state index contributed by atoms with van der Waals surface area (Å²) in [5.74, 6) is -2.77. The second-order valence-corrected chi connectivity index (χ2v) is 10.7. The zero-order chi connectivity index (χ0) is 28.4. The molecular formula is C31H25BrN2O6. The standard InChI is InChI=1S/C31H25BrN2O6/c1-18-8-13-25-26(14-18)30(38)34(29(25)37)24-7-3-4-20(16-24)28(36)33-23-6-2-5-21(15-23)31(39)40-17-27(35)19-9-11-22(32)12-10-19/h2-12,15-16,25-26H,13-14,17H2,1H3,(H,33,36)/t25-,26-/m1/s1. The van der Waals surface area contributed by atoms with Crippen molar-refractivity contribution in [1.82, 2.24) is 0 Å². The monoisotopic (exact) mass is 600 g/mol. The Hall–Kier alpha value is -4.37. The van der Waals surface area contributed by atoms with Crippen molar-refractivity contribution >= 4 is 56.8 Å². The number of carbonyl (C=O) groups is 5. The number of carbonyl (C=O) groups excluding carboxylic acids is 5. The van der Waals surface area contributed by atoms with E-state index >= 15 is 0 Å². The van der Waals surface area contributed by atoms with Crippen LogP contribution in [0.2, 0.25) is 0 Å². The van der Waals surface area contributed by atoms with E-state index in [9.17, 15) is 24.0 Å². The molecule has 2 aliphatic rings. The fourth-order valence-electron chi connectivity index (χ4n) is 4.94.